The van der Waals surface area contributed by atoms with Gasteiger partial charge in [-0.1, -0.05) is 18.2 Å². The van der Waals surface area contributed by atoms with Gasteiger partial charge in [-0.2, -0.15) is 0 Å². The summed E-state index contributed by atoms with van der Waals surface area (Å²) in [5.41, 5.74) is 0. The average Bonchev–Trinajstić information content (AvgIpc) is 2.89. The van der Waals surface area contributed by atoms with E-state index in [-0.39, 0.29) is 24.4 Å². The van der Waals surface area contributed by atoms with Crippen molar-refractivity contribution in [2.75, 3.05) is 26.4 Å². The molecular formula is C15H22O5. The second-order valence-electron chi connectivity index (χ2n) is 4.64. The SMILES string of the molecule is C=CCO[C@@H]1[C@@H](OCC=C)[C@@H]2OC[C@@H](O2)[C@H]1OCC=C. The first kappa shape index (κ1) is 15.4. The first-order valence-corrected chi connectivity index (χ1v) is 6.76. The smallest absolute Gasteiger partial charge is 0.187 e. The Kier molecular flexibility index (Phi) is 5.94. The van der Waals surface area contributed by atoms with E-state index in [0.29, 0.717) is 26.4 Å². The van der Waals surface area contributed by atoms with Gasteiger partial charge in [0.15, 0.2) is 6.29 Å². The second-order valence-corrected chi connectivity index (χ2v) is 4.64. The maximum Gasteiger partial charge on any atom is 0.187 e. The van der Waals surface area contributed by atoms with E-state index in [1.54, 1.807) is 18.2 Å². The molecule has 2 bridgehead atoms. The lowest BCUT2D eigenvalue weighted by molar-refractivity contribution is -0.256. The van der Waals surface area contributed by atoms with E-state index in [1.807, 2.05) is 0 Å². The maximum absolute atomic E-state index is 5.84. The fourth-order valence-corrected chi connectivity index (χ4v) is 2.44. The molecule has 0 saturated carbocycles. The molecular weight excluding hydrogens is 260 g/mol. The normalized spacial score (nSPS) is 35.7. The zero-order valence-electron chi connectivity index (χ0n) is 11.6. The summed E-state index contributed by atoms with van der Waals surface area (Å²) in [6, 6.07) is 0. The number of rotatable bonds is 9. The topological polar surface area (TPSA) is 46.2 Å². The lowest BCUT2D eigenvalue weighted by Crippen LogP contribution is -2.57. The van der Waals surface area contributed by atoms with Crippen LogP contribution in [0.25, 0.3) is 0 Å². The summed E-state index contributed by atoms with van der Waals surface area (Å²) >= 11 is 0. The van der Waals surface area contributed by atoms with Crippen LogP contribution in [0.4, 0.5) is 0 Å². The van der Waals surface area contributed by atoms with E-state index in [2.05, 4.69) is 19.7 Å². The molecule has 0 spiro atoms. The van der Waals surface area contributed by atoms with Crippen molar-refractivity contribution < 1.29 is 23.7 Å². The van der Waals surface area contributed by atoms with Crippen molar-refractivity contribution >= 4 is 0 Å². The lowest BCUT2D eigenvalue weighted by atomic mass is 10.0. The number of ether oxygens (including phenoxy) is 5. The highest BCUT2D eigenvalue weighted by Crippen LogP contribution is 2.33. The highest BCUT2D eigenvalue weighted by molar-refractivity contribution is 4.97. The minimum atomic E-state index is -0.418. The standard InChI is InChI=1S/C15H22O5/c1-4-7-16-12-11-10-19-15(20-11)14(18-9-6-3)13(12)17-8-5-2/h4-6,11-15H,1-3,7-10H2/t11-,12-,13+,14-,15-/m1/s1. The summed E-state index contributed by atoms with van der Waals surface area (Å²) in [4.78, 5) is 0. The van der Waals surface area contributed by atoms with E-state index in [4.69, 9.17) is 23.7 Å². The quantitative estimate of drug-likeness (QED) is 0.599. The van der Waals surface area contributed by atoms with Gasteiger partial charge >= 0.3 is 0 Å². The van der Waals surface area contributed by atoms with Crippen LogP contribution in [0.15, 0.2) is 38.0 Å². The van der Waals surface area contributed by atoms with Crippen LogP contribution in [0, 0.1) is 0 Å². The van der Waals surface area contributed by atoms with Gasteiger partial charge in [-0.3, -0.25) is 0 Å². The molecule has 0 aromatic rings. The van der Waals surface area contributed by atoms with Crippen LogP contribution in [0.1, 0.15) is 0 Å². The van der Waals surface area contributed by atoms with Gasteiger partial charge in [0.25, 0.3) is 0 Å². The van der Waals surface area contributed by atoms with E-state index in [0.717, 1.165) is 0 Å². The molecule has 0 unspecified atom stereocenters. The van der Waals surface area contributed by atoms with Crippen molar-refractivity contribution in [3.05, 3.63) is 38.0 Å². The Labute approximate surface area is 119 Å². The van der Waals surface area contributed by atoms with Gasteiger partial charge in [-0.15, -0.1) is 19.7 Å². The molecule has 0 radical (unpaired) electrons. The molecule has 0 N–H and O–H groups in total. The summed E-state index contributed by atoms with van der Waals surface area (Å²) in [5, 5.41) is 0. The van der Waals surface area contributed by atoms with Gasteiger partial charge in [0, 0.05) is 0 Å². The summed E-state index contributed by atoms with van der Waals surface area (Å²) in [6.45, 7) is 12.7. The molecule has 0 aliphatic carbocycles. The monoisotopic (exact) mass is 282 g/mol. The van der Waals surface area contributed by atoms with Crippen LogP contribution in [0.2, 0.25) is 0 Å². The molecule has 5 nitrogen and oxygen atoms in total. The van der Waals surface area contributed by atoms with E-state index >= 15 is 0 Å². The predicted octanol–water partition coefficient (Wildman–Crippen LogP) is 1.46. The Morgan fingerprint density at radius 1 is 0.850 bits per heavy atom. The van der Waals surface area contributed by atoms with Crippen molar-refractivity contribution in [1.82, 2.24) is 0 Å². The third-order valence-electron chi connectivity index (χ3n) is 3.24. The number of hydrogen-bond acceptors (Lipinski definition) is 5. The molecule has 5 atom stereocenters. The second kappa shape index (κ2) is 7.71. The Balaban J connectivity index is 2.10. The Morgan fingerprint density at radius 3 is 2.00 bits per heavy atom. The van der Waals surface area contributed by atoms with Gasteiger partial charge < -0.3 is 23.7 Å². The minimum absolute atomic E-state index is 0.140. The maximum atomic E-state index is 5.84. The summed E-state index contributed by atoms with van der Waals surface area (Å²) in [7, 11) is 0. The van der Waals surface area contributed by atoms with Crippen molar-refractivity contribution in [1.29, 1.82) is 0 Å². The first-order valence-electron chi connectivity index (χ1n) is 6.76. The third-order valence-corrected chi connectivity index (χ3v) is 3.24. The van der Waals surface area contributed by atoms with Crippen LogP contribution in [0.5, 0.6) is 0 Å². The molecule has 2 aliphatic heterocycles. The average molecular weight is 282 g/mol. The summed E-state index contributed by atoms with van der Waals surface area (Å²) in [6.07, 6.45) is 3.67. The lowest BCUT2D eigenvalue weighted by Gasteiger charge is -2.40. The van der Waals surface area contributed by atoms with Gasteiger partial charge in [-0.25, -0.2) is 0 Å². The number of fused-ring (bicyclic) bond motifs is 2. The van der Waals surface area contributed by atoms with Crippen LogP contribution in [-0.2, 0) is 23.7 Å². The third kappa shape index (κ3) is 3.37. The molecule has 112 valence electrons. The van der Waals surface area contributed by atoms with Gasteiger partial charge in [0.05, 0.1) is 26.4 Å². The molecule has 2 rings (SSSR count). The first-order chi connectivity index (χ1) is 9.81. The minimum Gasteiger partial charge on any atom is -0.369 e. The Hall–Kier alpha value is -0.980. The van der Waals surface area contributed by atoms with Crippen LogP contribution in [-0.4, -0.2) is 57.1 Å². The predicted molar refractivity (Wildman–Crippen MR) is 74.4 cm³/mol. The molecule has 2 aliphatic rings. The molecule has 5 heteroatoms. The molecule has 0 aromatic carbocycles. The van der Waals surface area contributed by atoms with Gasteiger partial charge in [0.2, 0.25) is 0 Å². The molecule has 0 aromatic heterocycles. The Bertz CT molecular complexity index is 317. The van der Waals surface area contributed by atoms with Crippen LogP contribution < -0.4 is 0 Å². The zero-order valence-corrected chi connectivity index (χ0v) is 11.6. The zero-order chi connectivity index (χ0) is 14.4. The van der Waals surface area contributed by atoms with E-state index in [9.17, 15) is 0 Å². The number of hydrogen-bond donors (Lipinski definition) is 0. The summed E-state index contributed by atoms with van der Waals surface area (Å²) in [5.74, 6) is 0. The van der Waals surface area contributed by atoms with Gasteiger partial charge in [-0.05, 0) is 0 Å². The molecule has 2 saturated heterocycles. The van der Waals surface area contributed by atoms with Crippen LogP contribution in [0.3, 0.4) is 0 Å². The van der Waals surface area contributed by atoms with E-state index < -0.39 is 6.29 Å². The van der Waals surface area contributed by atoms with Crippen molar-refractivity contribution in [2.45, 2.75) is 30.7 Å². The Morgan fingerprint density at radius 2 is 1.40 bits per heavy atom. The van der Waals surface area contributed by atoms with Gasteiger partial charge in [0.1, 0.15) is 24.4 Å². The largest absolute Gasteiger partial charge is 0.369 e. The molecule has 20 heavy (non-hydrogen) atoms. The fourth-order valence-electron chi connectivity index (χ4n) is 2.44. The molecule has 2 heterocycles. The van der Waals surface area contributed by atoms with Crippen molar-refractivity contribution in [3.63, 3.8) is 0 Å². The van der Waals surface area contributed by atoms with Crippen LogP contribution >= 0.6 is 0 Å². The highest BCUT2D eigenvalue weighted by atomic mass is 16.8. The van der Waals surface area contributed by atoms with Crippen molar-refractivity contribution in [3.8, 4) is 0 Å². The fraction of sp³-hybridized carbons (Fsp3) is 0.600. The molecule has 2 fully saturated rings. The van der Waals surface area contributed by atoms with E-state index in [1.165, 1.54) is 0 Å². The summed E-state index contributed by atoms with van der Waals surface area (Å²) < 4.78 is 28.8. The highest BCUT2D eigenvalue weighted by Gasteiger charge is 2.52. The van der Waals surface area contributed by atoms with Crippen molar-refractivity contribution in [2.24, 2.45) is 0 Å². The molecule has 0 amide bonds.